The second-order valence-corrected chi connectivity index (χ2v) is 16.2. The highest BCUT2D eigenvalue weighted by Gasteiger charge is 2.50. The highest BCUT2D eigenvalue weighted by Crippen LogP contribution is 2.46. The number of nitrogens with zero attached hydrogens (tertiary/aromatic N) is 2. The number of aromatic hydroxyl groups is 1. The first kappa shape index (κ1) is 29.2. The topological polar surface area (TPSA) is 97.8 Å². The number of rotatable bonds is 7. The van der Waals surface area contributed by atoms with Crippen LogP contribution in [0.5, 0.6) is 17.2 Å². The summed E-state index contributed by atoms with van der Waals surface area (Å²) in [5.74, 6) is 0.289. The molecule has 2 aromatic rings. The van der Waals surface area contributed by atoms with Crippen LogP contribution in [0.15, 0.2) is 55.3 Å². The van der Waals surface area contributed by atoms with Gasteiger partial charge in [0.15, 0.2) is 26.0 Å². The molecule has 0 fully saturated rings. The van der Waals surface area contributed by atoms with Crippen LogP contribution < -0.4 is 14.4 Å². The second kappa shape index (κ2) is 11.0. The van der Waals surface area contributed by atoms with Gasteiger partial charge in [-0.3, -0.25) is 4.79 Å². The van der Waals surface area contributed by atoms with E-state index in [1.54, 1.807) is 12.0 Å². The third-order valence-corrected chi connectivity index (χ3v) is 12.3. The van der Waals surface area contributed by atoms with E-state index in [2.05, 4.69) is 40.4 Å². The summed E-state index contributed by atoms with van der Waals surface area (Å²) in [6, 6.07) is 9.87. The minimum atomic E-state index is -2.52. The molecule has 1 N–H and O–H groups in total. The molecule has 0 aromatic heterocycles. The quantitative estimate of drug-likeness (QED) is 0.317. The van der Waals surface area contributed by atoms with Crippen molar-refractivity contribution in [3.63, 3.8) is 0 Å². The van der Waals surface area contributed by atoms with Gasteiger partial charge in [-0.05, 0) is 53.9 Å². The SMILES string of the molecule is C=CCOC(=O)N1c2cc(O)c(OC)cc2C(=O)N2C=C(c3ccc(OC)cc3)C[C@H]2C1O[Si](C)(C)C(C)(C)C. The molecule has 2 aliphatic rings. The summed E-state index contributed by atoms with van der Waals surface area (Å²) in [6.07, 6.45) is 2.12. The number of carbonyl (C=O) groups is 2. The van der Waals surface area contributed by atoms with Gasteiger partial charge in [-0.25, -0.2) is 9.69 Å². The van der Waals surface area contributed by atoms with E-state index >= 15 is 0 Å². The minimum Gasteiger partial charge on any atom is -0.504 e. The molecule has 2 atom stereocenters. The Morgan fingerprint density at radius 2 is 1.82 bits per heavy atom. The van der Waals surface area contributed by atoms with Crippen molar-refractivity contribution in [2.75, 3.05) is 25.7 Å². The summed E-state index contributed by atoms with van der Waals surface area (Å²) >= 11 is 0. The largest absolute Gasteiger partial charge is 0.504 e. The summed E-state index contributed by atoms with van der Waals surface area (Å²) in [5, 5.41) is 10.5. The van der Waals surface area contributed by atoms with Gasteiger partial charge in [0.1, 0.15) is 12.4 Å². The van der Waals surface area contributed by atoms with Crippen LogP contribution in [-0.2, 0) is 9.16 Å². The Morgan fingerprint density at radius 1 is 1.15 bits per heavy atom. The fourth-order valence-electron chi connectivity index (χ4n) is 4.64. The fraction of sp³-hybridized carbons (Fsp3) is 0.400. The van der Waals surface area contributed by atoms with E-state index in [-0.39, 0.29) is 40.3 Å². The normalized spacial score (nSPS) is 18.9. The highest BCUT2D eigenvalue weighted by atomic mass is 28.4. The van der Waals surface area contributed by atoms with Gasteiger partial charge < -0.3 is 28.6 Å². The smallest absolute Gasteiger partial charge is 0.416 e. The van der Waals surface area contributed by atoms with Gasteiger partial charge in [0.05, 0.1) is 31.5 Å². The molecule has 0 bridgehead atoms. The van der Waals surface area contributed by atoms with E-state index in [4.69, 9.17) is 18.6 Å². The van der Waals surface area contributed by atoms with Crippen LogP contribution in [0.25, 0.3) is 5.57 Å². The molecule has 2 amide bonds. The van der Waals surface area contributed by atoms with E-state index in [0.29, 0.717) is 6.42 Å². The summed E-state index contributed by atoms with van der Waals surface area (Å²) in [5.41, 5.74) is 2.22. The van der Waals surface area contributed by atoms with E-state index < -0.39 is 26.7 Å². The number of anilines is 1. The molecule has 0 saturated heterocycles. The Kier molecular flexibility index (Phi) is 8.05. The summed E-state index contributed by atoms with van der Waals surface area (Å²) < 4.78 is 23.1. The van der Waals surface area contributed by atoms with Crippen LogP contribution in [0.1, 0.15) is 43.1 Å². The van der Waals surface area contributed by atoms with Gasteiger partial charge in [-0.2, -0.15) is 0 Å². The molecular weight excluding hydrogens is 528 g/mol. The fourth-order valence-corrected chi connectivity index (χ4v) is 5.86. The number of hydrogen-bond acceptors (Lipinski definition) is 7. The van der Waals surface area contributed by atoms with Crippen LogP contribution in [0.4, 0.5) is 10.5 Å². The zero-order valence-electron chi connectivity index (χ0n) is 24.2. The van der Waals surface area contributed by atoms with Crippen LogP contribution in [0.2, 0.25) is 18.1 Å². The number of hydrogen-bond donors (Lipinski definition) is 1. The van der Waals surface area contributed by atoms with Gasteiger partial charge in [0.2, 0.25) is 0 Å². The third-order valence-electron chi connectivity index (χ3n) is 7.89. The number of phenolic OH excluding ortho intramolecular Hbond substituents is 1. The predicted octanol–water partition coefficient (Wildman–Crippen LogP) is 6.16. The lowest BCUT2D eigenvalue weighted by Gasteiger charge is -2.44. The molecule has 4 rings (SSSR count). The second-order valence-electron chi connectivity index (χ2n) is 11.4. The molecule has 214 valence electrons. The predicted molar refractivity (Wildman–Crippen MR) is 156 cm³/mol. The van der Waals surface area contributed by atoms with Crippen molar-refractivity contribution in [3.8, 4) is 17.2 Å². The molecule has 9 nitrogen and oxygen atoms in total. The molecule has 2 aromatic carbocycles. The van der Waals surface area contributed by atoms with Gasteiger partial charge in [0, 0.05) is 12.3 Å². The van der Waals surface area contributed by atoms with Crippen molar-refractivity contribution in [2.45, 2.75) is 57.6 Å². The maximum atomic E-state index is 14.2. The molecular formula is C30H38N2O7Si. The number of carbonyl (C=O) groups excluding carboxylic acids is 2. The molecule has 2 aliphatic heterocycles. The molecule has 0 saturated carbocycles. The summed E-state index contributed by atoms with van der Waals surface area (Å²) in [4.78, 5) is 30.9. The molecule has 0 spiro atoms. The van der Waals surface area contributed by atoms with Crippen molar-refractivity contribution in [1.82, 2.24) is 4.90 Å². The maximum Gasteiger partial charge on any atom is 0.416 e. The van der Waals surface area contributed by atoms with Crippen molar-refractivity contribution in [2.24, 2.45) is 0 Å². The Morgan fingerprint density at radius 3 is 2.40 bits per heavy atom. The van der Waals surface area contributed by atoms with Crippen molar-refractivity contribution < 1.29 is 33.3 Å². The Labute approximate surface area is 236 Å². The molecule has 10 heteroatoms. The average Bonchev–Trinajstić information content (AvgIpc) is 3.33. The monoisotopic (exact) mass is 566 g/mol. The number of methoxy groups -OCH3 is 2. The number of fused-ring (bicyclic) bond motifs is 2. The number of benzene rings is 2. The zero-order valence-corrected chi connectivity index (χ0v) is 25.2. The van der Waals surface area contributed by atoms with Crippen LogP contribution >= 0.6 is 0 Å². The first-order chi connectivity index (χ1) is 18.8. The van der Waals surface area contributed by atoms with Crippen molar-refractivity contribution >= 4 is 31.6 Å². The Balaban J connectivity index is 1.92. The maximum absolute atomic E-state index is 14.2. The lowest BCUT2D eigenvalue weighted by atomic mass is 10.0. The van der Waals surface area contributed by atoms with Gasteiger partial charge in [-0.15, -0.1) is 0 Å². The minimum absolute atomic E-state index is 0.0305. The first-order valence-corrected chi connectivity index (χ1v) is 16.1. The van der Waals surface area contributed by atoms with Gasteiger partial charge in [-0.1, -0.05) is 45.6 Å². The zero-order chi connectivity index (χ0) is 29.4. The van der Waals surface area contributed by atoms with E-state index in [9.17, 15) is 14.7 Å². The number of phenols is 1. The molecule has 0 aliphatic carbocycles. The summed E-state index contributed by atoms with van der Waals surface area (Å²) in [7, 11) is 0.499. The lowest BCUT2D eigenvalue weighted by molar-refractivity contribution is 0.0590. The third kappa shape index (κ3) is 5.33. The van der Waals surface area contributed by atoms with Crippen molar-refractivity contribution in [3.05, 3.63) is 66.4 Å². The van der Waals surface area contributed by atoms with Crippen LogP contribution in [0, 0.1) is 0 Å². The Hall–Kier alpha value is -3.76. The molecule has 1 unspecified atom stereocenters. The first-order valence-electron chi connectivity index (χ1n) is 13.2. The summed E-state index contributed by atoms with van der Waals surface area (Å²) in [6.45, 7) is 14.1. The average molecular weight is 567 g/mol. The van der Waals surface area contributed by atoms with E-state index in [0.717, 1.165) is 16.9 Å². The lowest BCUT2D eigenvalue weighted by Crippen LogP contribution is -2.57. The van der Waals surface area contributed by atoms with Crippen LogP contribution in [0.3, 0.4) is 0 Å². The Bertz CT molecular complexity index is 1330. The van der Waals surface area contributed by atoms with Crippen molar-refractivity contribution in [1.29, 1.82) is 0 Å². The number of ether oxygens (including phenoxy) is 3. The highest BCUT2D eigenvalue weighted by molar-refractivity contribution is 6.74. The molecule has 2 heterocycles. The van der Waals surface area contributed by atoms with Crippen LogP contribution in [-0.4, -0.2) is 63.4 Å². The standard InChI is InChI=1S/C30H38N2O7Si/c1-9-14-38-29(35)32-23-17-25(33)26(37-6)16-22(23)27(34)31-18-20(19-10-12-21(36-5)13-11-19)15-24(31)28(32)39-40(7,8)30(2,3)4/h9-13,16-18,24,28,33H,1,14-15H2,2-8H3/t24-,28?/m0/s1. The molecule has 40 heavy (non-hydrogen) atoms. The van der Waals surface area contributed by atoms with Gasteiger partial charge >= 0.3 is 6.09 Å². The molecule has 0 radical (unpaired) electrons. The van der Waals surface area contributed by atoms with Gasteiger partial charge in [0.25, 0.3) is 5.91 Å². The van der Waals surface area contributed by atoms with E-state index in [1.807, 2.05) is 30.5 Å². The number of amides is 2. The van der Waals surface area contributed by atoms with E-state index in [1.165, 1.54) is 30.2 Å².